The van der Waals surface area contributed by atoms with E-state index < -0.39 is 30.5 Å². The van der Waals surface area contributed by atoms with Gasteiger partial charge in [-0.25, -0.2) is 22.3 Å². The van der Waals surface area contributed by atoms with Crippen LogP contribution in [0.3, 0.4) is 0 Å². The molecule has 0 atom stereocenters. The third-order valence-electron chi connectivity index (χ3n) is 6.31. The lowest BCUT2D eigenvalue weighted by molar-refractivity contribution is 0.0945. The Morgan fingerprint density at radius 1 is 0.900 bits per heavy atom. The van der Waals surface area contributed by atoms with Gasteiger partial charge >= 0.3 is 0 Å². The fourth-order valence-corrected chi connectivity index (χ4v) is 8.63. The second-order valence-electron chi connectivity index (χ2n) is 9.08. The minimum Gasteiger partial charge on any atom is -0.493 e. The van der Waals surface area contributed by atoms with E-state index in [1.165, 1.54) is 31.0 Å². The first-order chi connectivity index (χ1) is 19.1. The Balaban J connectivity index is 1.95. The molecule has 0 spiro atoms. The number of hydrogen-bond donors (Lipinski definition) is 1. The summed E-state index contributed by atoms with van der Waals surface area (Å²) in [5.74, 6) is -0.493. The molecule has 0 aliphatic heterocycles. The van der Waals surface area contributed by atoms with E-state index in [2.05, 4.69) is 10.5 Å². The Morgan fingerprint density at radius 3 is 2.20 bits per heavy atom. The Hall–Kier alpha value is -3.90. The first-order valence-electron chi connectivity index (χ1n) is 12.7. The molecule has 0 bridgehead atoms. The average Bonchev–Trinajstić information content (AvgIpc) is 3.31. The first-order valence-corrected chi connectivity index (χ1v) is 16.0. The van der Waals surface area contributed by atoms with Crippen molar-refractivity contribution in [3.63, 3.8) is 0 Å². The molecule has 0 unspecified atom stereocenters. The third kappa shape index (κ3) is 5.41. The normalized spacial score (nSPS) is 12.3. The number of nitrogens with zero attached hydrogens (tertiary/aromatic N) is 2. The quantitative estimate of drug-likeness (QED) is 0.206. The number of benzene rings is 2. The molecule has 0 saturated carbocycles. The highest BCUT2D eigenvalue weighted by Gasteiger charge is 2.37. The van der Waals surface area contributed by atoms with Gasteiger partial charge in [0, 0.05) is 11.6 Å². The average molecular weight is 586 g/mol. The number of nitrogens with one attached hydrogen (secondary N) is 1. The van der Waals surface area contributed by atoms with Gasteiger partial charge in [0.1, 0.15) is 15.5 Å². The number of pyridine rings is 1. The summed E-state index contributed by atoms with van der Waals surface area (Å²) in [5, 5.41) is 5.24. The minimum atomic E-state index is -4.19. The van der Waals surface area contributed by atoms with E-state index in [4.69, 9.17) is 9.47 Å². The monoisotopic (exact) mass is 585 g/mol. The smallest absolute Gasteiger partial charge is 0.289 e. The van der Waals surface area contributed by atoms with Crippen molar-refractivity contribution < 1.29 is 31.1 Å². The van der Waals surface area contributed by atoms with Crippen molar-refractivity contribution in [1.29, 1.82) is 0 Å². The van der Waals surface area contributed by atoms with Crippen molar-refractivity contribution in [1.82, 2.24) is 9.83 Å². The molecule has 4 rings (SSSR count). The van der Waals surface area contributed by atoms with Gasteiger partial charge in [0.2, 0.25) is 0 Å². The third-order valence-corrected chi connectivity index (χ3v) is 10.4. The maximum absolute atomic E-state index is 13.6. The molecule has 0 saturated heterocycles. The molecule has 212 valence electrons. The van der Waals surface area contributed by atoms with Crippen molar-refractivity contribution in [2.75, 3.05) is 25.7 Å². The van der Waals surface area contributed by atoms with E-state index in [1.807, 2.05) is 0 Å². The maximum atomic E-state index is 13.6. The zero-order valence-electron chi connectivity index (χ0n) is 22.7. The number of hydrazone groups is 1. The van der Waals surface area contributed by atoms with Gasteiger partial charge in [0.15, 0.2) is 31.2 Å². The van der Waals surface area contributed by atoms with Gasteiger partial charge in [-0.3, -0.25) is 4.79 Å². The zero-order chi connectivity index (χ0) is 29.1. The van der Waals surface area contributed by atoms with E-state index in [0.29, 0.717) is 27.8 Å². The van der Waals surface area contributed by atoms with Crippen LogP contribution in [0.2, 0.25) is 0 Å². The van der Waals surface area contributed by atoms with E-state index >= 15 is 0 Å². The number of sulfone groups is 2. The molecule has 2 heterocycles. The number of fused-ring (bicyclic) bond motifs is 3. The standard InChI is InChI=1S/C28H31N3O7S2/c1-5-15-39(33,34)26-24-21-10-8-7-9-20(21)13-14-31(24)25(27(26)40(35,36)16-6-2)28(32)30-29-18-19-11-12-22(37-3)23(17-19)38-4/h7-14,17-18H,5-6,15-16H2,1-4H3,(H,30,32)/b29-18-. The first kappa shape index (κ1) is 29.1. The Labute approximate surface area is 233 Å². The Kier molecular flexibility index (Phi) is 8.50. The molecule has 0 aliphatic carbocycles. The summed E-state index contributed by atoms with van der Waals surface area (Å²) in [4.78, 5) is 12.8. The molecule has 1 amide bonds. The lowest BCUT2D eigenvalue weighted by Crippen LogP contribution is -2.23. The van der Waals surface area contributed by atoms with Crippen molar-refractivity contribution >= 4 is 48.1 Å². The van der Waals surface area contributed by atoms with Crippen molar-refractivity contribution in [2.45, 2.75) is 36.5 Å². The number of methoxy groups -OCH3 is 2. The number of carbonyl (C=O) groups excluding carboxylic acids is 1. The second-order valence-corrected chi connectivity index (χ2v) is 13.2. The molecule has 0 radical (unpaired) electrons. The highest BCUT2D eigenvalue weighted by atomic mass is 32.2. The second kappa shape index (κ2) is 11.7. The molecule has 12 heteroatoms. The van der Waals surface area contributed by atoms with Crippen LogP contribution in [0.25, 0.3) is 16.3 Å². The summed E-state index contributed by atoms with van der Waals surface area (Å²) >= 11 is 0. The van der Waals surface area contributed by atoms with Gasteiger partial charge < -0.3 is 13.9 Å². The highest BCUT2D eigenvalue weighted by molar-refractivity contribution is 7.94. The van der Waals surface area contributed by atoms with Gasteiger partial charge in [0.25, 0.3) is 5.91 Å². The number of hydrogen-bond acceptors (Lipinski definition) is 8. The summed E-state index contributed by atoms with van der Waals surface area (Å²) in [6.45, 7) is 3.38. The highest BCUT2D eigenvalue weighted by Crippen LogP contribution is 2.38. The molecule has 0 fully saturated rings. The van der Waals surface area contributed by atoms with Crippen LogP contribution < -0.4 is 14.9 Å². The molecular weight excluding hydrogens is 554 g/mol. The summed E-state index contributed by atoms with van der Waals surface area (Å²) in [6.07, 6.45) is 3.39. The largest absolute Gasteiger partial charge is 0.493 e. The van der Waals surface area contributed by atoms with Crippen molar-refractivity contribution in [3.8, 4) is 11.5 Å². The SMILES string of the molecule is CCCS(=O)(=O)c1c(S(=O)(=O)CCC)c2c3ccccc3ccn2c1C(=O)N/N=C\c1ccc(OC)c(OC)c1. The lowest BCUT2D eigenvalue weighted by Gasteiger charge is -2.09. The van der Waals surface area contributed by atoms with Gasteiger partial charge in [-0.15, -0.1) is 0 Å². The number of amides is 1. The predicted octanol–water partition coefficient (Wildman–Crippen LogP) is 4.24. The van der Waals surface area contributed by atoms with Crippen molar-refractivity contribution in [3.05, 3.63) is 66.0 Å². The molecule has 40 heavy (non-hydrogen) atoms. The minimum absolute atomic E-state index is 0.148. The molecule has 0 aliphatic rings. The number of carbonyl (C=O) groups is 1. The number of rotatable bonds is 11. The maximum Gasteiger partial charge on any atom is 0.289 e. The van der Waals surface area contributed by atoms with Gasteiger partial charge in [-0.2, -0.15) is 5.10 Å². The van der Waals surface area contributed by atoms with Crippen LogP contribution in [0.1, 0.15) is 42.7 Å². The fourth-order valence-electron chi connectivity index (χ4n) is 4.64. The summed E-state index contributed by atoms with van der Waals surface area (Å²) in [7, 11) is -5.28. The Morgan fingerprint density at radius 2 is 1.55 bits per heavy atom. The van der Waals surface area contributed by atoms with E-state index in [-0.39, 0.29) is 40.5 Å². The van der Waals surface area contributed by atoms with Crippen molar-refractivity contribution in [2.24, 2.45) is 5.10 Å². The molecule has 10 nitrogen and oxygen atoms in total. The molecule has 4 aromatic rings. The zero-order valence-corrected chi connectivity index (χ0v) is 24.3. The molecular formula is C28H31N3O7S2. The van der Waals surface area contributed by atoms with Gasteiger partial charge in [-0.1, -0.05) is 38.1 Å². The summed E-state index contributed by atoms with van der Waals surface area (Å²) in [5.41, 5.74) is 2.80. The van der Waals surface area contributed by atoms with Crippen LogP contribution in [0, 0.1) is 0 Å². The number of ether oxygens (including phenoxy) is 2. The predicted molar refractivity (Wildman–Crippen MR) is 154 cm³/mol. The topological polar surface area (TPSA) is 133 Å². The molecule has 1 N–H and O–H groups in total. The van der Waals surface area contributed by atoms with Crippen LogP contribution in [0.5, 0.6) is 11.5 Å². The van der Waals surface area contributed by atoms with Crippen LogP contribution in [0.15, 0.2) is 69.6 Å². The van der Waals surface area contributed by atoms with Crippen LogP contribution in [-0.2, 0) is 19.7 Å². The van der Waals surface area contributed by atoms with Crippen LogP contribution in [-0.4, -0.2) is 59.1 Å². The Bertz CT molecular complexity index is 1830. The summed E-state index contributed by atoms with van der Waals surface area (Å²) < 4.78 is 66.4. The van der Waals surface area contributed by atoms with Gasteiger partial charge in [0.05, 0.1) is 37.5 Å². The van der Waals surface area contributed by atoms with Crippen LogP contribution in [0.4, 0.5) is 0 Å². The van der Waals surface area contributed by atoms with E-state index in [0.717, 1.165) is 0 Å². The van der Waals surface area contributed by atoms with E-state index in [1.54, 1.807) is 62.4 Å². The fraction of sp³-hybridized carbons (Fsp3) is 0.286. The summed E-state index contributed by atoms with van der Waals surface area (Å²) in [6, 6.07) is 13.8. The van der Waals surface area contributed by atoms with Gasteiger partial charge in [-0.05, 0) is 48.1 Å². The van der Waals surface area contributed by atoms with Crippen LogP contribution >= 0.6 is 0 Å². The molecule has 2 aromatic carbocycles. The van der Waals surface area contributed by atoms with E-state index in [9.17, 15) is 21.6 Å². The number of aromatic nitrogens is 1. The lowest BCUT2D eigenvalue weighted by atomic mass is 10.1. The molecule has 2 aromatic heterocycles.